The molecule has 0 fully saturated rings. The third kappa shape index (κ3) is 2.33. The monoisotopic (exact) mass is 225 g/mol. The van der Waals surface area contributed by atoms with Gasteiger partial charge in [0.25, 0.3) is 0 Å². The Kier molecular flexibility index (Phi) is 3.48. The zero-order chi connectivity index (χ0) is 12.3. The third-order valence-corrected chi connectivity index (χ3v) is 3.18. The second-order valence-electron chi connectivity index (χ2n) is 4.33. The number of hydrogen-bond acceptors (Lipinski definition) is 1. The first-order chi connectivity index (χ1) is 8.24. The van der Waals surface area contributed by atoms with Gasteiger partial charge in [0.2, 0.25) is 0 Å². The molecule has 2 rings (SSSR count). The maximum absolute atomic E-state index is 2.27. The molecule has 1 nitrogen and oxygen atoms in total. The highest BCUT2D eigenvalue weighted by molar-refractivity contribution is 5.69. The van der Waals surface area contributed by atoms with E-state index in [-0.39, 0.29) is 0 Å². The standard InChI is InChI=1S/C16H19N/c1-4-14-10-8-9-13(2)16(14)17(3)15-11-6-5-7-12-15/h5-12H,4H2,1-3H3. The Morgan fingerprint density at radius 1 is 0.941 bits per heavy atom. The molecule has 0 aliphatic carbocycles. The SMILES string of the molecule is CCc1cccc(C)c1N(C)c1ccccc1. The lowest BCUT2D eigenvalue weighted by atomic mass is 10.0. The summed E-state index contributed by atoms with van der Waals surface area (Å²) in [7, 11) is 2.14. The summed E-state index contributed by atoms with van der Waals surface area (Å²) in [6.45, 7) is 4.38. The van der Waals surface area contributed by atoms with E-state index in [4.69, 9.17) is 0 Å². The number of rotatable bonds is 3. The number of anilines is 2. The van der Waals surface area contributed by atoms with Gasteiger partial charge in [-0.25, -0.2) is 0 Å². The lowest BCUT2D eigenvalue weighted by Gasteiger charge is -2.24. The Balaban J connectivity index is 2.47. The van der Waals surface area contributed by atoms with Gasteiger partial charge < -0.3 is 4.90 Å². The van der Waals surface area contributed by atoms with Gasteiger partial charge in [-0.1, -0.05) is 43.3 Å². The van der Waals surface area contributed by atoms with E-state index in [2.05, 4.69) is 74.3 Å². The minimum absolute atomic E-state index is 1.06. The van der Waals surface area contributed by atoms with Gasteiger partial charge in [0.15, 0.2) is 0 Å². The largest absolute Gasteiger partial charge is 0.344 e. The van der Waals surface area contributed by atoms with E-state index in [1.165, 1.54) is 22.5 Å². The van der Waals surface area contributed by atoms with Crippen molar-refractivity contribution in [2.24, 2.45) is 0 Å². The van der Waals surface area contributed by atoms with Crippen molar-refractivity contribution in [3.05, 3.63) is 59.7 Å². The lowest BCUT2D eigenvalue weighted by molar-refractivity contribution is 1.08. The average molecular weight is 225 g/mol. The first kappa shape index (κ1) is 11.7. The van der Waals surface area contributed by atoms with Crippen molar-refractivity contribution >= 4 is 11.4 Å². The van der Waals surface area contributed by atoms with Crippen LogP contribution in [0.2, 0.25) is 0 Å². The topological polar surface area (TPSA) is 3.24 Å². The summed E-state index contributed by atoms with van der Waals surface area (Å²) in [5.74, 6) is 0. The first-order valence-electron chi connectivity index (χ1n) is 6.11. The smallest absolute Gasteiger partial charge is 0.0470 e. The summed E-state index contributed by atoms with van der Waals surface area (Å²) in [6.07, 6.45) is 1.06. The number of aryl methyl sites for hydroxylation is 2. The van der Waals surface area contributed by atoms with E-state index in [1.54, 1.807) is 0 Å². The molecule has 0 spiro atoms. The lowest BCUT2D eigenvalue weighted by Crippen LogP contribution is -2.13. The maximum atomic E-state index is 2.27. The van der Waals surface area contributed by atoms with Crippen molar-refractivity contribution in [1.82, 2.24) is 0 Å². The molecule has 0 radical (unpaired) electrons. The molecule has 2 aromatic rings. The molecule has 0 saturated carbocycles. The van der Waals surface area contributed by atoms with E-state index < -0.39 is 0 Å². The quantitative estimate of drug-likeness (QED) is 0.751. The Labute approximate surface area is 104 Å². The Morgan fingerprint density at radius 2 is 1.65 bits per heavy atom. The highest BCUT2D eigenvalue weighted by Crippen LogP contribution is 2.30. The van der Waals surface area contributed by atoms with Crippen LogP contribution in [0.5, 0.6) is 0 Å². The van der Waals surface area contributed by atoms with Gasteiger partial charge in [-0.05, 0) is 36.6 Å². The molecule has 0 unspecified atom stereocenters. The molecule has 0 aliphatic rings. The summed E-state index contributed by atoms with van der Waals surface area (Å²) in [6, 6.07) is 17.0. The van der Waals surface area contributed by atoms with Crippen LogP contribution < -0.4 is 4.90 Å². The second-order valence-corrected chi connectivity index (χ2v) is 4.33. The highest BCUT2D eigenvalue weighted by atomic mass is 15.1. The minimum Gasteiger partial charge on any atom is -0.344 e. The van der Waals surface area contributed by atoms with Crippen molar-refractivity contribution in [1.29, 1.82) is 0 Å². The van der Waals surface area contributed by atoms with Gasteiger partial charge in [-0.2, -0.15) is 0 Å². The third-order valence-electron chi connectivity index (χ3n) is 3.18. The predicted octanol–water partition coefficient (Wildman–Crippen LogP) is 4.33. The summed E-state index contributed by atoms with van der Waals surface area (Å²) < 4.78 is 0. The summed E-state index contributed by atoms with van der Waals surface area (Å²) in [5.41, 5.74) is 5.30. The molecule has 88 valence electrons. The molecule has 0 atom stereocenters. The van der Waals surface area contributed by atoms with E-state index >= 15 is 0 Å². The number of para-hydroxylation sites is 2. The van der Waals surface area contributed by atoms with Gasteiger partial charge in [-0.15, -0.1) is 0 Å². The van der Waals surface area contributed by atoms with Crippen molar-refractivity contribution in [3.63, 3.8) is 0 Å². The van der Waals surface area contributed by atoms with Crippen LogP contribution >= 0.6 is 0 Å². The zero-order valence-electron chi connectivity index (χ0n) is 10.8. The van der Waals surface area contributed by atoms with Crippen LogP contribution in [0.3, 0.4) is 0 Å². The fraction of sp³-hybridized carbons (Fsp3) is 0.250. The molecular formula is C16H19N. The van der Waals surface area contributed by atoms with Crippen molar-refractivity contribution in [2.75, 3.05) is 11.9 Å². The van der Waals surface area contributed by atoms with Gasteiger partial charge in [-0.3, -0.25) is 0 Å². The van der Waals surface area contributed by atoms with Crippen LogP contribution in [0, 0.1) is 6.92 Å². The fourth-order valence-corrected chi connectivity index (χ4v) is 2.27. The van der Waals surface area contributed by atoms with Gasteiger partial charge in [0.1, 0.15) is 0 Å². The van der Waals surface area contributed by atoms with Gasteiger partial charge in [0.05, 0.1) is 0 Å². The van der Waals surface area contributed by atoms with E-state index in [1.807, 2.05) is 0 Å². The number of nitrogens with zero attached hydrogens (tertiary/aromatic N) is 1. The molecule has 17 heavy (non-hydrogen) atoms. The van der Waals surface area contributed by atoms with Crippen LogP contribution in [-0.4, -0.2) is 7.05 Å². The maximum Gasteiger partial charge on any atom is 0.0470 e. The van der Waals surface area contributed by atoms with Crippen molar-refractivity contribution < 1.29 is 0 Å². The summed E-state index contributed by atoms with van der Waals surface area (Å²) >= 11 is 0. The second kappa shape index (κ2) is 5.05. The molecule has 2 aromatic carbocycles. The summed E-state index contributed by atoms with van der Waals surface area (Å²) in [4.78, 5) is 2.27. The van der Waals surface area contributed by atoms with Gasteiger partial charge in [0, 0.05) is 18.4 Å². The number of benzene rings is 2. The van der Waals surface area contributed by atoms with E-state index in [9.17, 15) is 0 Å². The molecule has 0 saturated heterocycles. The van der Waals surface area contributed by atoms with Crippen LogP contribution in [0.1, 0.15) is 18.1 Å². The van der Waals surface area contributed by atoms with Crippen LogP contribution in [0.4, 0.5) is 11.4 Å². The van der Waals surface area contributed by atoms with Crippen LogP contribution in [-0.2, 0) is 6.42 Å². The zero-order valence-corrected chi connectivity index (χ0v) is 10.8. The fourth-order valence-electron chi connectivity index (χ4n) is 2.27. The average Bonchev–Trinajstić information content (AvgIpc) is 2.38. The highest BCUT2D eigenvalue weighted by Gasteiger charge is 2.10. The number of hydrogen-bond donors (Lipinski definition) is 0. The van der Waals surface area contributed by atoms with E-state index in [0.29, 0.717) is 0 Å². The Bertz CT molecular complexity index is 488. The van der Waals surface area contributed by atoms with E-state index in [0.717, 1.165) is 6.42 Å². The minimum atomic E-state index is 1.06. The molecular weight excluding hydrogens is 206 g/mol. The van der Waals surface area contributed by atoms with Crippen molar-refractivity contribution in [2.45, 2.75) is 20.3 Å². The Morgan fingerprint density at radius 3 is 2.29 bits per heavy atom. The molecule has 0 heterocycles. The molecule has 0 aromatic heterocycles. The predicted molar refractivity (Wildman–Crippen MR) is 75.1 cm³/mol. The van der Waals surface area contributed by atoms with Crippen LogP contribution in [0.25, 0.3) is 0 Å². The first-order valence-corrected chi connectivity index (χ1v) is 6.11. The molecule has 1 heteroatoms. The molecule has 0 bridgehead atoms. The molecule has 0 N–H and O–H groups in total. The van der Waals surface area contributed by atoms with Gasteiger partial charge >= 0.3 is 0 Å². The van der Waals surface area contributed by atoms with Crippen LogP contribution in [0.15, 0.2) is 48.5 Å². The molecule has 0 amide bonds. The Hall–Kier alpha value is -1.76. The molecule has 0 aliphatic heterocycles. The normalized spacial score (nSPS) is 10.3. The summed E-state index contributed by atoms with van der Waals surface area (Å²) in [5, 5.41) is 0. The van der Waals surface area contributed by atoms with Crippen molar-refractivity contribution in [3.8, 4) is 0 Å².